The molecule has 1 N–H and O–H groups in total. The van der Waals surface area contributed by atoms with Crippen LogP contribution >= 0.6 is 0 Å². The number of nitrogens with zero attached hydrogens (tertiary/aromatic N) is 2. The molecule has 1 heterocycles. The zero-order chi connectivity index (χ0) is 22.3. The highest BCUT2D eigenvalue weighted by Gasteiger charge is 2.55. The van der Waals surface area contributed by atoms with E-state index in [0.29, 0.717) is 6.07 Å². The molecule has 0 fully saturated rings. The molecule has 1 aliphatic carbocycles. The fraction of sp³-hybridized carbons (Fsp3) is 0.444. The van der Waals surface area contributed by atoms with E-state index in [1.807, 2.05) is 0 Å². The van der Waals surface area contributed by atoms with E-state index in [1.54, 1.807) is 0 Å². The Morgan fingerprint density at radius 3 is 2.27 bits per heavy atom. The Bertz CT molecular complexity index is 937. The number of carbonyl (C=O) groups is 1. The van der Waals surface area contributed by atoms with Gasteiger partial charge in [0.1, 0.15) is 29.6 Å². The van der Waals surface area contributed by atoms with Gasteiger partial charge in [-0.2, -0.15) is 13.9 Å². The molecule has 0 bridgehead atoms. The highest BCUT2D eigenvalue weighted by Crippen LogP contribution is 2.52. The Kier molecular flexibility index (Phi) is 5.79. The summed E-state index contributed by atoms with van der Waals surface area (Å²) < 4.78 is 109. The predicted octanol–water partition coefficient (Wildman–Crippen LogP) is 4.44. The fourth-order valence-corrected chi connectivity index (χ4v) is 3.33. The Balaban J connectivity index is 1.77. The highest BCUT2D eigenvalue weighted by atomic mass is 19.3. The van der Waals surface area contributed by atoms with Crippen LogP contribution in [0.5, 0.6) is 0 Å². The molecule has 1 amide bonds. The summed E-state index contributed by atoms with van der Waals surface area (Å²) in [7, 11) is 0. The van der Waals surface area contributed by atoms with Crippen LogP contribution in [-0.4, -0.2) is 22.2 Å². The van der Waals surface area contributed by atoms with E-state index in [0.717, 1.165) is 12.1 Å². The summed E-state index contributed by atoms with van der Waals surface area (Å²) in [5, 5.41) is 5.41. The zero-order valence-corrected chi connectivity index (χ0v) is 15.2. The van der Waals surface area contributed by atoms with Crippen LogP contribution in [-0.2, 0) is 29.6 Å². The Labute approximate surface area is 164 Å². The van der Waals surface area contributed by atoms with Gasteiger partial charge in [-0.15, -0.1) is 0 Å². The Morgan fingerprint density at radius 1 is 1.07 bits per heavy atom. The largest absolute Gasteiger partial charge is 0.354 e. The lowest BCUT2D eigenvalue weighted by atomic mass is 9.89. The molecule has 1 aliphatic rings. The summed E-state index contributed by atoms with van der Waals surface area (Å²) in [6.07, 6.45) is -6.16. The number of fused-ring (bicyclic) bond motifs is 1. The monoisotopic (exact) mass is 441 g/mol. The van der Waals surface area contributed by atoms with Crippen molar-refractivity contribution in [2.75, 3.05) is 6.54 Å². The lowest BCUT2D eigenvalue weighted by Gasteiger charge is -2.29. The van der Waals surface area contributed by atoms with Crippen LogP contribution in [0.1, 0.15) is 41.8 Å². The SMILES string of the molecule is O=C(Cn1nc(C(F)F)c2c1C(F)(F)CCC2(F)F)NCCc1cc(F)cc(F)c1. The molecule has 1 aromatic carbocycles. The first-order chi connectivity index (χ1) is 13.9. The molecule has 0 radical (unpaired) electrons. The minimum absolute atomic E-state index is 0.0197. The van der Waals surface area contributed by atoms with Crippen molar-refractivity contribution in [3.05, 3.63) is 52.3 Å². The van der Waals surface area contributed by atoms with E-state index in [9.17, 15) is 39.9 Å². The molecule has 164 valence electrons. The molecule has 4 nitrogen and oxygen atoms in total. The van der Waals surface area contributed by atoms with Gasteiger partial charge in [-0.25, -0.2) is 26.3 Å². The van der Waals surface area contributed by atoms with E-state index >= 15 is 0 Å². The van der Waals surface area contributed by atoms with Crippen molar-refractivity contribution < 1.29 is 39.9 Å². The molecule has 30 heavy (non-hydrogen) atoms. The summed E-state index contributed by atoms with van der Waals surface area (Å²) in [5.74, 6) is -10.4. The molecule has 0 saturated heterocycles. The van der Waals surface area contributed by atoms with Crippen LogP contribution < -0.4 is 5.32 Å². The number of rotatable bonds is 6. The Hall–Kier alpha value is -2.66. The standard InChI is InChI=1S/C18H15F8N3O/c19-10-5-9(6-11(20)7-10)1-4-27-12(30)8-29-15-13(14(28-29)16(21)22)17(23,24)2-3-18(15,25)26/h5-7,16H,1-4,8H2,(H,27,30). The molecular formula is C18H15F8N3O. The first-order valence-corrected chi connectivity index (χ1v) is 8.78. The van der Waals surface area contributed by atoms with Crippen molar-refractivity contribution in [1.29, 1.82) is 0 Å². The molecule has 0 saturated carbocycles. The molecule has 0 unspecified atom stereocenters. The van der Waals surface area contributed by atoms with Crippen molar-refractivity contribution in [2.45, 2.75) is 44.1 Å². The summed E-state index contributed by atoms with van der Waals surface area (Å²) >= 11 is 0. The third kappa shape index (κ3) is 4.41. The molecule has 3 rings (SSSR count). The van der Waals surface area contributed by atoms with Gasteiger partial charge in [0.2, 0.25) is 5.91 Å². The minimum Gasteiger partial charge on any atom is -0.354 e. The second-order valence-corrected chi connectivity index (χ2v) is 6.85. The predicted molar refractivity (Wildman–Crippen MR) is 87.3 cm³/mol. The maximum absolute atomic E-state index is 14.2. The van der Waals surface area contributed by atoms with Gasteiger partial charge in [0.25, 0.3) is 18.3 Å². The van der Waals surface area contributed by atoms with Gasteiger partial charge in [-0.3, -0.25) is 9.48 Å². The second-order valence-electron chi connectivity index (χ2n) is 6.85. The van der Waals surface area contributed by atoms with Crippen LogP contribution in [0.2, 0.25) is 0 Å². The number of benzene rings is 1. The molecule has 0 spiro atoms. The van der Waals surface area contributed by atoms with Crippen LogP contribution in [0.4, 0.5) is 35.1 Å². The molecule has 0 aliphatic heterocycles. The maximum Gasteiger partial charge on any atom is 0.290 e. The number of amides is 1. The van der Waals surface area contributed by atoms with Gasteiger partial charge in [-0.05, 0) is 24.1 Å². The van der Waals surface area contributed by atoms with Gasteiger partial charge < -0.3 is 5.32 Å². The van der Waals surface area contributed by atoms with Crippen molar-refractivity contribution in [3.63, 3.8) is 0 Å². The number of alkyl halides is 6. The first-order valence-electron chi connectivity index (χ1n) is 8.78. The number of halogens is 8. The smallest absolute Gasteiger partial charge is 0.290 e. The van der Waals surface area contributed by atoms with E-state index < -0.39 is 72.1 Å². The number of hydrogen-bond donors (Lipinski definition) is 1. The summed E-state index contributed by atoms with van der Waals surface area (Å²) in [4.78, 5) is 12.0. The maximum atomic E-state index is 14.2. The van der Waals surface area contributed by atoms with Crippen LogP contribution in [0.25, 0.3) is 0 Å². The van der Waals surface area contributed by atoms with Crippen molar-refractivity contribution >= 4 is 5.91 Å². The average Bonchev–Trinajstić information content (AvgIpc) is 3.00. The third-order valence-corrected chi connectivity index (χ3v) is 4.60. The third-order valence-electron chi connectivity index (χ3n) is 4.60. The van der Waals surface area contributed by atoms with Crippen LogP contribution in [0.3, 0.4) is 0 Å². The molecule has 2 aromatic rings. The lowest BCUT2D eigenvalue weighted by Crippen LogP contribution is -2.35. The summed E-state index contributed by atoms with van der Waals surface area (Å²) in [5.41, 5.74) is -4.24. The zero-order valence-electron chi connectivity index (χ0n) is 15.2. The van der Waals surface area contributed by atoms with E-state index in [4.69, 9.17) is 0 Å². The lowest BCUT2D eigenvalue weighted by molar-refractivity contribution is -0.122. The van der Waals surface area contributed by atoms with Crippen molar-refractivity contribution in [3.8, 4) is 0 Å². The molecule has 0 atom stereocenters. The van der Waals surface area contributed by atoms with Crippen LogP contribution in [0.15, 0.2) is 18.2 Å². The van der Waals surface area contributed by atoms with Gasteiger partial charge in [0.15, 0.2) is 0 Å². The molecule has 12 heteroatoms. The second kappa shape index (κ2) is 7.88. The Morgan fingerprint density at radius 2 is 1.67 bits per heavy atom. The fourth-order valence-electron chi connectivity index (χ4n) is 3.33. The first kappa shape index (κ1) is 22.0. The molecular weight excluding hydrogens is 426 g/mol. The number of carbonyl (C=O) groups excluding carboxylic acids is 1. The van der Waals surface area contributed by atoms with Crippen molar-refractivity contribution in [1.82, 2.24) is 15.1 Å². The quantitative estimate of drug-likeness (QED) is 0.675. The highest BCUT2D eigenvalue weighted by molar-refractivity contribution is 5.75. The van der Waals surface area contributed by atoms with Gasteiger partial charge in [0.05, 0.1) is 5.56 Å². The number of aromatic nitrogens is 2. The summed E-state index contributed by atoms with van der Waals surface area (Å²) in [6.45, 7) is -1.17. The van der Waals surface area contributed by atoms with E-state index in [-0.39, 0.29) is 23.2 Å². The van der Waals surface area contributed by atoms with Crippen LogP contribution in [0, 0.1) is 11.6 Å². The summed E-state index contributed by atoms with van der Waals surface area (Å²) in [6, 6.07) is 2.70. The average molecular weight is 441 g/mol. The van der Waals surface area contributed by atoms with Crippen molar-refractivity contribution in [2.24, 2.45) is 0 Å². The molecule has 1 aromatic heterocycles. The van der Waals surface area contributed by atoms with E-state index in [2.05, 4.69) is 10.4 Å². The normalized spacial score (nSPS) is 17.1. The number of hydrogen-bond acceptors (Lipinski definition) is 2. The minimum atomic E-state index is -3.93. The topological polar surface area (TPSA) is 46.9 Å². The van der Waals surface area contributed by atoms with E-state index in [1.165, 1.54) is 0 Å². The van der Waals surface area contributed by atoms with Gasteiger partial charge in [0, 0.05) is 25.5 Å². The van der Waals surface area contributed by atoms with Gasteiger partial charge in [-0.1, -0.05) is 0 Å². The van der Waals surface area contributed by atoms with Gasteiger partial charge >= 0.3 is 0 Å². The number of nitrogens with one attached hydrogen (secondary N) is 1.